The summed E-state index contributed by atoms with van der Waals surface area (Å²) in [4.78, 5) is 19.4. The predicted molar refractivity (Wildman–Crippen MR) is 76.1 cm³/mol. The van der Waals surface area contributed by atoms with Crippen molar-refractivity contribution in [3.05, 3.63) is 45.8 Å². The van der Waals surface area contributed by atoms with Crippen LogP contribution in [0.15, 0.2) is 30.7 Å². The number of carbonyl (C=O) groups excluding carboxylic acids is 1. The van der Waals surface area contributed by atoms with Crippen LogP contribution in [0.25, 0.3) is 0 Å². The molecule has 1 aromatic carbocycles. The number of nitrogens with one attached hydrogen (secondary N) is 2. The Kier molecular flexibility index (Phi) is 4.42. The Balaban J connectivity index is 2.12. The molecule has 98 valence electrons. The maximum atomic E-state index is 11.7. The van der Waals surface area contributed by atoms with Crippen molar-refractivity contribution in [1.29, 1.82) is 0 Å². The van der Waals surface area contributed by atoms with Gasteiger partial charge in [0.15, 0.2) is 5.82 Å². The van der Waals surface area contributed by atoms with Crippen molar-refractivity contribution < 1.29 is 4.79 Å². The summed E-state index contributed by atoms with van der Waals surface area (Å²) in [6.07, 6.45) is 4.36. The molecule has 1 aromatic heterocycles. The normalized spacial score (nSPS) is 10.1. The molecule has 0 aliphatic heterocycles. The van der Waals surface area contributed by atoms with E-state index in [1.165, 1.54) is 30.7 Å². The van der Waals surface area contributed by atoms with Crippen molar-refractivity contribution in [2.45, 2.75) is 0 Å². The molecule has 0 radical (unpaired) electrons. The van der Waals surface area contributed by atoms with Crippen molar-refractivity contribution in [2.75, 3.05) is 10.6 Å². The smallest absolute Gasteiger partial charge is 0.305 e. The Morgan fingerprint density at radius 1 is 1.05 bits per heavy atom. The van der Waals surface area contributed by atoms with E-state index >= 15 is 0 Å². The molecule has 0 saturated heterocycles. The molecule has 5 nitrogen and oxygen atoms in total. The maximum absolute atomic E-state index is 11.7. The molecule has 2 aromatic rings. The average Bonchev–Trinajstić information content (AvgIpc) is 2.35. The average molecular weight is 318 g/mol. The van der Waals surface area contributed by atoms with Crippen molar-refractivity contribution in [1.82, 2.24) is 9.97 Å². The minimum absolute atomic E-state index is 0.242. The number of halogens is 3. The molecule has 0 bridgehead atoms. The summed E-state index contributed by atoms with van der Waals surface area (Å²) < 4.78 is 0. The lowest BCUT2D eigenvalue weighted by Gasteiger charge is -2.10. The SMILES string of the molecule is O=C(Nc1cnccn1)Nc1c(Cl)cc(Cl)cc1Cl. The fraction of sp³-hybridized carbons (Fsp3) is 0. The van der Waals surface area contributed by atoms with E-state index in [0.29, 0.717) is 10.8 Å². The van der Waals surface area contributed by atoms with Gasteiger partial charge in [-0.3, -0.25) is 10.3 Å². The second-order valence-electron chi connectivity index (χ2n) is 3.41. The molecule has 2 N–H and O–H groups in total. The van der Waals surface area contributed by atoms with Crippen LogP contribution in [0.2, 0.25) is 15.1 Å². The third-order valence-electron chi connectivity index (χ3n) is 2.05. The number of hydrogen-bond donors (Lipinski definition) is 2. The van der Waals surface area contributed by atoms with E-state index in [2.05, 4.69) is 20.6 Å². The number of amides is 2. The van der Waals surface area contributed by atoms with Crippen LogP contribution in [0.4, 0.5) is 16.3 Å². The van der Waals surface area contributed by atoms with Crippen LogP contribution in [0, 0.1) is 0 Å². The predicted octanol–water partition coefficient (Wildman–Crippen LogP) is 4.08. The van der Waals surface area contributed by atoms with E-state index in [9.17, 15) is 4.79 Å². The van der Waals surface area contributed by atoms with E-state index < -0.39 is 6.03 Å². The van der Waals surface area contributed by atoms with Crippen LogP contribution in [0.1, 0.15) is 0 Å². The van der Waals surface area contributed by atoms with Gasteiger partial charge in [0.1, 0.15) is 0 Å². The van der Waals surface area contributed by atoms with Crippen molar-refractivity contribution in [3.8, 4) is 0 Å². The first-order valence-electron chi connectivity index (χ1n) is 5.05. The molecule has 0 fully saturated rings. The standard InChI is InChI=1S/C11H7Cl3N4O/c12-6-3-7(13)10(8(14)4-6)18-11(19)17-9-5-15-1-2-16-9/h1-5H,(H2,16,17,18,19). The fourth-order valence-corrected chi connectivity index (χ4v) is 2.20. The topological polar surface area (TPSA) is 66.9 Å². The van der Waals surface area contributed by atoms with Gasteiger partial charge in [0.2, 0.25) is 0 Å². The van der Waals surface area contributed by atoms with E-state index in [4.69, 9.17) is 34.8 Å². The molecule has 8 heteroatoms. The van der Waals surface area contributed by atoms with E-state index in [-0.39, 0.29) is 15.7 Å². The number of carbonyl (C=O) groups is 1. The van der Waals surface area contributed by atoms with E-state index in [1.807, 2.05) is 0 Å². The molecule has 2 rings (SSSR count). The minimum atomic E-state index is -0.536. The summed E-state index contributed by atoms with van der Waals surface area (Å²) >= 11 is 17.7. The Morgan fingerprint density at radius 2 is 1.74 bits per heavy atom. The largest absolute Gasteiger partial charge is 0.324 e. The van der Waals surface area contributed by atoms with Gasteiger partial charge in [0.25, 0.3) is 0 Å². The van der Waals surface area contributed by atoms with Gasteiger partial charge >= 0.3 is 6.03 Å². The van der Waals surface area contributed by atoms with Crippen LogP contribution in [-0.4, -0.2) is 16.0 Å². The number of aromatic nitrogens is 2. The molecule has 2 amide bonds. The molecule has 1 heterocycles. The van der Waals surface area contributed by atoms with Gasteiger partial charge in [-0.25, -0.2) is 9.78 Å². The molecule has 0 aliphatic rings. The molecule has 19 heavy (non-hydrogen) atoms. The maximum Gasteiger partial charge on any atom is 0.324 e. The Morgan fingerprint density at radius 3 is 2.32 bits per heavy atom. The summed E-state index contributed by atoms with van der Waals surface area (Å²) in [6, 6.07) is 2.42. The summed E-state index contributed by atoms with van der Waals surface area (Å²) in [5.74, 6) is 0.307. The van der Waals surface area contributed by atoms with Crippen molar-refractivity contribution in [2.24, 2.45) is 0 Å². The number of hydrogen-bond acceptors (Lipinski definition) is 3. The summed E-state index contributed by atoms with van der Waals surface area (Å²) in [5, 5.41) is 5.87. The zero-order valence-corrected chi connectivity index (χ0v) is 11.6. The lowest BCUT2D eigenvalue weighted by Crippen LogP contribution is -2.20. The van der Waals surface area contributed by atoms with Gasteiger partial charge < -0.3 is 5.32 Å². The molecule has 0 unspecified atom stereocenters. The van der Waals surface area contributed by atoms with E-state index in [1.54, 1.807) is 0 Å². The highest BCUT2D eigenvalue weighted by atomic mass is 35.5. The molecule has 0 aliphatic carbocycles. The van der Waals surface area contributed by atoms with Crippen LogP contribution in [-0.2, 0) is 0 Å². The zero-order valence-electron chi connectivity index (χ0n) is 9.32. The number of urea groups is 1. The fourth-order valence-electron chi connectivity index (χ4n) is 1.29. The number of benzene rings is 1. The van der Waals surface area contributed by atoms with Crippen molar-refractivity contribution in [3.63, 3.8) is 0 Å². The summed E-state index contributed by atoms with van der Waals surface area (Å²) in [7, 11) is 0. The van der Waals surface area contributed by atoms with Gasteiger partial charge in [-0.1, -0.05) is 34.8 Å². The summed E-state index contributed by atoms with van der Waals surface area (Å²) in [5.41, 5.74) is 0.272. The summed E-state index contributed by atoms with van der Waals surface area (Å²) in [6.45, 7) is 0. The van der Waals surface area contributed by atoms with Crippen LogP contribution >= 0.6 is 34.8 Å². The highest BCUT2D eigenvalue weighted by molar-refractivity contribution is 6.42. The molecular weight excluding hydrogens is 311 g/mol. The minimum Gasteiger partial charge on any atom is -0.305 e. The Labute approximate surface area is 123 Å². The third kappa shape index (κ3) is 3.70. The van der Waals surface area contributed by atoms with Gasteiger partial charge in [-0.2, -0.15) is 0 Å². The van der Waals surface area contributed by atoms with Gasteiger partial charge in [0.05, 0.1) is 21.9 Å². The Hall–Kier alpha value is -1.56. The highest BCUT2D eigenvalue weighted by Crippen LogP contribution is 2.33. The van der Waals surface area contributed by atoms with Gasteiger partial charge in [0, 0.05) is 17.4 Å². The molecule has 0 spiro atoms. The lowest BCUT2D eigenvalue weighted by atomic mass is 10.3. The van der Waals surface area contributed by atoms with Crippen LogP contribution in [0.5, 0.6) is 0 Å². The first-order valence-corrected chi connectivity index (χ1v) is 6.18. The van der Waals surface area contributed by atoms with Gasteiger partial charge in [-0.15, -0.1) is 0 Å². The van der Waals surface area contributed by atoms with Crippen LogP contribution < -0.4 is 10.6 Å². The zero-order chi connectivity index (χ0) is 13.8. The first kappa shape index (κ1) is 13.9. The molecule has 0 atom stereocenters. The lowest BCUT2D eigenvalue weighted by molar-refractivity contribution is 0.262. The number of rotatable bonds is 2. The second-order valence-corrected chi connectivity index (χ2v) is 4.67. The van der Waals surface area contributed by atoms with Crippen LogP contribution in [0.3, 0.4) is 0 Å². The highest BCUT2D eigenvalue weighted by Gasteiger charge is 2.11. The van der Waals surface area contributed by atoms with Gasteiger partial charge in [-0.05, 0) is 12.1 Å². The molecule has 0 saturated carbocycles. The number of nitrogens with zero attached hydrogens (tertiary/aromatic N) is 2. The second kappa shape index (κ2) is 6.06. The quantitative estimate of drug-likeness (QED) is 0.877. The Bertz CT molecular complexity index is 583. The molecular formula is C11H7Cl3N4O. The number of anilines is 2. The van der Waals surface area contributed by atoms with Crippen molar-refractivity contribution >= 4 is 52.3 Å². The monoisotopic (exact) mass is 316 g/mol. The van der Waals surface area contributed by atoms with E-state index in [0.717, 1.165) is 0 Å². The third-order valence-corrected chi connectivity index (χ3v) is 2.86. The first-order chi connectivity index (χ1) is 9.06.